The number of urea groups is 1. The Morgan fingerprint density at radius 1 is 0.981 bits per heavy atom. The Hall–Kier alpha value is -4.99. The predicted octanol–water partition coefficient (Wildman–Crippen LogP) is 3.13. The number of likely N-dealkylation sites (tertiary alicyclic amines) is 1. The van der Waals surface area contributed by atoms with Gasteiger partial charge in [-0.3, -0.25) is 33.7 Å². The summed E-state index contributed by atoms with van der Waals surface area (Å²) in [5.74, 6) is -1.12. The van der Waals surface area contributed by atoms with Gasteiger partial charge in [0.15, 0.2) is 0 Å². The van der Waals surface area contributed by atoms with Gasteiger partial charge in [-0.1, -0.05) is 85.1 Å². The number of nitrogens with one attached hydrogen (secondary N) is 4. The average molecular weight is 745 g/mol. The summed E-state index contributed by atoms with van der Waals surface area (Å²) in [6.45, 7) is 14.8. The first-order valence-electron chi connectivity index (χ1n) is 18.8. The van der Waals surface area contributed by atoms with Crippen LogP contribution in [-0.2, 0) is 30.4 Å². The number of carbonyl (C=O) groups excluding carboxylic acids is 7. The molecule has 2 aliphatic heterocycles. The summed E-state index contributed by atoms with van der Waals surface area (Å²) in [6.07, 6.45) is 10.9. The lowest BCUT2D eigenvalue weighted by Crippen LogP contribution is -2.62. The number of Topliss-reactive ketones (excluding diaryl/α,β-unsaturated/α-hetero) is 1. The van der Waals surface area contributed by atoms with E-state index in [2.05, 4.69) is 33.8 Å². The van der Waals surface area contributed by atoms with Crippen molar-refractivity contribution in [3.63, 3.8) is 0 Å². The number of terminal acetylenes is 1. The van der Waals surface area contributed by atoms with Gasteiger partial charge in [0.25, 0.3) is 11.8 Å². The minimum atomic E-state index is -1.11. The fourth-order valence-electron chi connectivity index (χ4n) is 7.23. The Morgan fingerprint density at radius 3 is 2.26 bits per heavy atom. The number of carbonyl (C=O) groups is 7. The zero-order valence-electron chi connectivity index (χ0n) is 32.5. The van der Waals surface area contributed by atoms with Gasteiger partial charge in [0.05, 0.1) is 18.5 Å². The second-order valence-electron chi connectivity index (χ2n) is 16.9. The maximum absolute atomic E-state index is 14.5. The number of hydrogen-bond donors (Lipinski definition) is 4. The molecule has 5 atom stereocenters. The van der Waals surface area contributed by atoms with Crippen LogP contribution in [0.4, 0.5) is 4.79 Å². The number of hydrogen-bond acceptors (Lipinski definition) is 7. The van der Waals surface area contributed by atoms with E-state index >= 15 is 0 Å². The SMILES string of the molecule is C#CC[C@H]1CCN(C(=O)[C@@H](NC(=O)N[C@H](CN2C(=O)Cc3ccccc3C2=O)C(C)(C)C)C(C)(C)C)[C@@H]1C(=O)NC(CC1CCC1)C(=O)C(=O)NCC=C. The molecule has 0 spiro atoms. The summed E-state index contributed by atoms with van der Waals surface area (Å²) in [6, 6.07) is 2.33. The lowest BCUT2D eigenvalue weighted by Gasteiger charge is -2.39. The predicted molar refractivity (Wildman–Crippen MR) is 204 cm³/mol. The molecule has 1 saturated carbocycles. The van der Waals surface area contributed by atoms with E-state index in [4.69, 9.17) is 6.42 Å². The standard InChI is InChI=1S/C41H56N6O7/c1-9-14-26-19-21-46(32(26)35(50)43-29(22-25-15-13-16-25)33(49)36(51)42-20-10-2)38(53)34(41(6,7)8)45-39(54)44-30(40(3,4)5)24-47-31(48)23-27-17-11-12-18-28(27)37(47)52/h1,10-12,17-18,25-26,29-30,32,34H,2,13-16,19-24H2,3-8H3,(H,42,51)(H,43,50)(H2,44,45,54)/t26-,29?,30+,32-,34+/m0/s1. The second-order valence-corrected chi connectivity index (χ2v) is 16.9. The molecule has 13 nitrogen and oxygen atoms in total. The van der Waals surface area contributed by atoms with E-state index in [9.17, 15) is 33.6 Å². The first-order chi connectivity index (χ1) is 25.4. The van der Waals surface area contributed by atoms with E-state index in [-0.39, 0.29) is 44.3 Å². The van der Waals surface area contributed by atoms with Crippen molar-refractivity contribution < 1.29 is 33.6 Å². The van der Waals surface area contributed by atoms with Gasteiger partial charge in [-0.2, -0.15) is 0 Å². The highest BCUT2D eigenvalue weighted by Crippen LogP contribution is 2.33. The molecular weight excluding hydrogens is 688 g/mol. The smallest absolute Gasteiger partial charge is 0.315 e. The van der Waals surface area contributed by atoms with Gasteiger partial charge in [0.1, 0.15) is 12.1 Å². The third-order valence-corrected chi connectivity index (χ3v) is 10.8. The molecule has 7 amide bonds. The Morgan fingerprint density at radius 2 is 1.67 bits per heavy atom. The molecule has 0 radical (unpaired) electrons. The summed E-state index contributed by atoms with van der Waals surface area (Å²) in [7, 11) is 0. The highest BCUT2D eigenvalue weighted by Gasteiger charge is 2.47. The average Bonchev–Trinajstić information content (AvgIpc) is 3.50. The van der Waals surface area contributed by atoms with Crippen LogP contribution >= 0.6 is 0 Å². The third kappa shape index (κ3) is 9.95. The van der Waals surface area contributed by atoms with E-state index in [1.54, 1.807) is 45.0 Å². The molecule has 1 aromatic rings. The summed E-state index contributed by atoms with van der Waals surface area (Å²) >= 11 is 0. The van der Waals surface area contributed by atoms with Crippen LogP contribution in [0.3, 0.4) is 0 Å². The molecule has 2 fully saturated rings. The van der Waals surface area contributed by atoms with E-state index < -0.39 is 76.4 Å². The van der Waals surface area contributed by atoms with Crippen LogP contribution in [0.5, 0.6) is 0 Å². The van der Waals surface area contributed by atoms with E-state index in [0.29, 0.717) is 24.0 Å². The number of fused-ring (bicyclic) bond motifs is 1. The molecule has 13 heteroatoms. The summed E-state index contributed by atoms with van der Waals surface area (Å²) in [5, 5.41) is 11.1. The van der Waals surface area contributed by atoms with Gasteiger partial charge >= 0.3 is 6.03 Å². The Bertz CT molecular complexity index is 1680. The molecule has 1 saturated heterocycles. The highest BCUT2D eigenvalue weighted by atomic mass is 16.2. The van der Waals surface area contributed by atoms with Gasteiger partial charge in [0, 0.05) is 37.5 Å². The van der Waals surface area contributed by atoms with Crippen LogP contribution in [-0.4, -0.2) is 95.0 Å². The van der Waals surface area contributed by atoms with Gasteiger partial charge in [-0.05, 0) is 41.2 Å². The lowest BCUT2D eigenvalue weighted by atomic mass is 9.80. The second kappa shape index (κ2) is 17.4. The largest absolute Gasteiger partial charge is 0.346 e. The fraction of sp³-hybridized carbons (Fsp3) is 0.585. The molecule has 54 heavy (non-hydrogen) atoms. The van der Waals surface area contributed by atoms with E-state index in [1.165, 1.54) is 11.0 Å². The van der Waals surface area contributed by atoms with Crippen molar-refractivity contribution in [2.45, 2.75) is 111 Å². The number of nitrogens with zero attached hydrogens (tertiary/aromatic N) is 2. The number of rotatable bonds is 14. The number of ketones is 1. The van der Waals surface area contributed by atoms with Crippen LogP contribution in [0.25, 0.3) is 0 Å². The van der Waals surface area contributed by atoms with Crippen molar-refractivity contribution in [1.29, 1.82) is 0 Å². The maximum atomic E-state index is 14.5. The zero-order chi connectivity index (χ0) is 40.0. The molecule has 292 valence electrons. The zero-order valence-corrected chi connectivity index (χ0v) is 32.5. The van der Waals surface area contributed by atoms with Crippen LogP contribution < -0.4 is 21.3 Å². The Balaban J connectivity index is 1.53. The molecule has 1 aliphatic carbocycles. The van der Waals surface area contributed by atoms with Crippen molar-refractivity contribution >= 4 is 41.4 Å². The Kier molecular flexibility index (Phi) is 13.5. The normalized spacial score (nSPS) is 20.4. The highest BCUT2D eigenvalue weighted by molar-refractivity contribution is 6.38. The summed E-state index contributed by atoms with van der Waals surface area (Å²) in [5.41, 5.74) is -0.339. The number of benzene rings is 1. The van der Waals surface area contributed by atoms with Crippen molar-refractivity contribution in [1.82, 2.24) is 31.1 Å². The molecule has 4 N–H and O–H groups in total. The molecule has 1 aromatic carbocycles. The molecule has 3 aliphatic rings. The first kappa shape index (κ1) is 41.8. The monoisotopic (exact) mass is 744 g/mol. The minimum Gasteiger partial charge on any atom is -0.346 e. The quantitative estimate of drug-likeness (QED) is 0.0981. The maximum Gasteiger partial charge on any atom is 0.315 e. The lowest BCUT2D eigenvalue weighted by molar-refractivity contribution is -0.144. The Labute approximate surface area is 318 Å². The van der Waals surface area contributed by atoms with Crippen LogP contribution in [0.2, 0.25) is 0 Å². The van der Waals surface area contributed by atoms with Gasteiger partial charge in [-0.15, -0.1) is 18.9 Å². The summed E-state index contributed by atoms with van der Waals surface area (Å²) in [4.78, 5) is 97.4. The summed E-state index contributed by atoms with van der Waals surface area (Å²) < 4.78 is 0. The van der Waals surface area contributed by atoms with Crippen molar-refractivity contribution in [2.75, 3.05) is 19.6 Å². The van der Waals surface area contributed by atoms with Gasteiger partial charge < -0.3 is 26.2 Å². The topological polar surface area (TPSA) is 174 Å². The van der Waals surface area contributed by atoms with Crippen LogP contribution in [0.1, 0.15) is 96.0 Å². The minimum absolute atomic E-state index is 0.0643. The van der Waals surface area contributed by atoms with Crippen molar-refractivity contribution in [2.24, 2.45) is 22.7 Å². The van der Waals surface area contributed by atoms with Gasteiger partial charge in [-0.25, -0.2) is 4.79 Å². The first-order valence-corrected chi connectivity index (χ1v) is 18.8. The molecule has 1 unspecified atom stereocenters. The van der Waals surface area contributed by atoms with E-state index in [1.807, 2.05) is 20.8 Å². The molecule has 0 bridgehead atoms. The van der Waals surface area contributed by atoms with Crippen molar-refractivity contribution in [3.8, 4) is 12.3 Å². The molecule has 2 heterocycles. The van der Waals surface area contributed by atoms with Crippen molar-refractivity contribution in [3.05, 3.63) is 48.0 Å². The molecular formula is C41H56N6O7. The molecule has 0 aromatic heterocycles. The van der Waals surface area contributed by atoms with Gasteiger partial charge in [0.2, 0.25) is 23.5 Å². The fourth-order valence-corrected chi connectivity index (χ4v) is 7.23. The number of amides is 7. The van der Waals surface area contributed by atoms with Crippen LogP contribution in [0, 0.1) is 35.0 Å². The van der Waals surface area contributed by atoms with E-state index in [0.717, 1.165) is 24.2 Å². The molecule has 4 rings (SSSR count). The number of imide groups is 1. The van der Waals surface area contributed by atoms with Crippen LogP contribution in [0.15, 0.2) is 36.9 Å². The third-order valence-electron chi connectivity index (χ3n) is 10.8.